The average molecular weight is 500 g/mol. The maximum Gasteiger partial charge on any atom is 0.324 e. The highest BCUT2D eigenvalue weighted by Crippen LogP contribution is 2.30. The van der Waals surface area contributed by atoms with Gasteiger partial charge in [0.15, 0.2) is 0 Å². The molecule has 0 unspecified atom stereocenters. The Morgan fingerprint density at radius 1 is 1.14 bits per heavy atom. The molecule has 2 aliphatic rings. The van der Waals surface area contributed by atoms with Crippen molar-refractivity contribution in [1.29, 1.82) is 0 Å². The summed E-state index contributed by atoms with van der Waals surface area (Å²) in [4.78, 5) is 47.7. The van der Waals surface area contributed by atoms with Crippen LogP contribution in [0.5, 0.6) is 0 Å². The molecular weight excluding hydrogens is 470 g/mol. The van der Waals surface area contributed by atoms with Gasteiger partial charge >= 0.3 is 12.1 Å². The number of aromatic nitrogens is 1. The van der Waals surface area contributed by atoms with E-state index in [9.17, 15) is 14.4 Å². The first kappa shape index (κ1) is 24.6. The van der Waals surface area contributed by atoms with Gasteiger partial charge in [-0.3, -0.25) is 9.69 Å². The molecule has 1 atom stereocenters. The summed E-state index contributed by atoms with van der Waals surface area (Å²) in [5, 5.41) is 7.02. The lowest BCUT2D eigenvalue weighted by molar-refractivity contribution is -0.129. The third-order valence-electron chi connectivity index (χ3n) is 6.31. The number of rotatable bonds is 4. The van der Waals surface area contributed by atoms with Crippen molar-refractivity contribution < 1.29 is 14.4 Å². The second-order valence-electron chi connectivity index (χ2n) is 8.66. The number of pyridine rings is 1. The fraction of sp³-hybridized carbons (Fsp3) is 0.417. The minimum Gasteiger partial charge on any atom is -0.384 e. The number of anilines is 2. The Morgan fingerprint density at radius 3 is 2.66 bits per heavy atom. The zero-order valence-corrected chi connectivity index (χ0v) is 20.3. The summed E-state index contributed by atoms with van der Waals surface area (Å²) >= 11 is 6.11. The van der Waals surface area contributed by atoms with Gasteiger partial charge in [-0.25, -0.2) is 14.6 Å². The summed E-state index contributed by atoms with van der Waals surface area (Å²) in [6, 6.07) is 5.86. The molecule has 1 aromatic heterocycles. The van der Waals surface area contributed by atoms with Crippen molar-refractivity contribution >= 4 is 52.0 Å². The van der Waals surface area contributed by atoms with Gasteiger partial charge in [0, 0.05) is 61.4 Å². The second-order valence-corrected chi connectivity index (χ2v) is 9.10. The zero-order valence-electron chi connectivity index (χ0n) is 19.5. The minimum atomic E-state index is -0.730. The molecule has 186 valence electrons. The molecule has 2 aliphatic heterocycles. The molecule has 1 aromatic carbocycles. The van der Waals surface area contributed by atoms with Crippen LogP contribution in [0.25, 0.3) is 10.9 Å². The number of amides is 5. The Kier molecular flexibility index (Phi) is 7.60. The number of nitrogen functional groups attached to an aromatic ring is 1. The first-order valence-corrected chi connectivity index (χ1v) is 12.1. The molecule has 3 heterocycles. The van der Waals surface area contributed by atoms with Gasteiger partial charge in [-0.05, 0) is 37.5 Å². The van der Waals surface area contributed by atoms with Crippen molar-refractivity contribution in [3.05, 3.63) is 41.9 Å². The molecule has 0 saturated carbocycles. The third kappa shape index (κ3) is 5.59. The van der Waals surface area contributed by atoms with Crippen LogP contribution in [0.4, 0.5) is 21.1 Å². The Labute approximate surface area is 209 Å². The molecule has 0 radical (unpaired) electrons. The van der Waals surface area contributed by atoms with Crippen LogP contribution >= 0.6 is 11.6 Å². The lowest BCUT2D eigenvalue weighted by Crippen LogP contribution is -2.57. The number of carbonyl (C=O) groups is 3. The number of fused-ring (bicyclic) bond motifs is 1. The van der Waals surface area contributed by atoms with E-state index in [2.05, 4.69) is 27.1 Å². The monoisotopic (exact) mass is 499 g/mol. The highest BCUT2D eigenvalue weighted by atomic mass is 35.5. The van der Waals surface area contributed by atoms with Crippen molar-refractivity contribution in [2.24, 2.45) is 0 Å². The number of piperazine rings is 1. The van der Waals surface area contributed by atoms with E-state index in [0.29, 0.717) is 56.4 Å². The van der Waals surface area contributed by atoms with Crippen LogP contribution in [0.1, 0.15) is 19.3 Å². The molecule has 2 aromatic rings. The van der Waals surface area contributed by atoms with Crippen LogP contribution in [0.3, 0.4) is 0 Å². The Balaban J connectivity index is 1.39. The van der Waals surface area contributed by atoms with Crippen molar-refractivity contribution in [2.45, 2.75) is 25.3 Å². The molecule has 5 amide bonds. The lowest BCUT2D eigenvalue weighted by atomic mass is 10.1. The van der Waals surface area contributed by atoms with E-state index in [0.717, 1.165) is 23.0 Å². The number of nitrogens with two attached hydrogens (primary N) is 1. The van der Waals surface area contributed by atoms with E-state index in [-0.39, 0.29) is 18.5 Å². The number of benzene rings is 1. The number of imide groups is 1. The number of likely N-dealkylation sites (tertiary alicyclic amines) is 1. The topological polar surface area (TPSA) is 124 Å². The van der Waals surface area contributed by atoms with Gasteiger partial charge in [-0.15, -0.1) is 6.58 Å². The first-order chi connectivity index (χ1) is 16.9. The third-order valence-corrected chi connectivity index (χ3v) is 6.54. The maximum atomic E-state index is 13.0. The van der Waals surface area contributed by atoms with E-state index in [1.165, 1.54) is 4.90 Å². The quantitative estimate of drug-likeness (QED) is 0.555. The minimum absolute atomic E-state index is 0.273. The van der Waals surface area contributed by atoms with Crippen LogP contribution in [-0.2, 0) is 4.79 Å². The zero-order chi connectivity index (χ0) is 24.9. The fourth-order valence-corrected chi connectivity index (χ4v) is 4.65. The number of halogens is 1. The molecule has 0 spiro atoms. The van der Waals surface area contributed by atoms with Crippen molar-refractivity contribution in [1.82, 2.24) is 25.4 Å². The van der Waals surface area contributed by atoms with Crippen molar-refractivity contribution in [3.8, 4) is 0 Å². The average Bonchev–Trinajstić information content (AvgIpc) is 3.03. The molecule has 4 rings (SSSR count). The summed E-state index contributed by atoms with van der Waals surface area (Å²) in [6.45, 7) is 6.34. The Morgan fingerprint density at radius 2 is 1.91 bits per heavy atom. The van der Waals surface area contributed by atoms with Gasteiger partial charge in [-0.2, -0.15) is 0 Å². The normalized spacial score (nSPS) is 18.8. The summed E-state index contributed by atoms with van der Waals surface area (Å²) in [5.74, 6) is 0.0249. The number of hydrogen-bond acceptors (Lipinski definition) is 6. The van der Waals surface area contributed by atoms with Crippen LogP contribution in [-0.4, -0.2) is 78.1 Å². The van der Waals surface area contributed by atoms with Gasteiger partial charge in [-0.1, -0.05) is 17.7 Å². The van der Waals surface area contributed by atoms with E-state index in [4.69, 9.17) is 17.3 Å². The maximum absolute atomic E-state index is 13.0. The van der Waals surface area contributed by atoms with Crippen LogP contribution in [0.2, 0.25) is 5.02 Å². The Bertz CT molecular complexity index is 1130. The lowest BCUT2D eigenvalue weighted by Gasteiger charge is -2.37. The molecule has 2 fully saturated rings. The SMILES string of the molecule is C=CCNC(=O)N1CCCC[C@H](NC(=O)N2CCN(c3cc(N)nc4cc(Cl)ccc34)CC2)C1=O. The smallest absolute Gasteiger partial charge is 0.324 e. The first-order valence-electron chi connectivity index (χ1n) is 11.7. The molecule has 35 heavy (non-hydrogen) atoms. The summed E-state index contributed by atoms with van der Waals surface area (Å²) in [6.07, 6.45) is 3.50. The fourth-order valence-electron chi connectivity index (χ4n) is 4.49. The molecule has 10 nitrogen and oxygen atoms in total. The van der Waals surface area contributed by atoms with E-state index < -0.39 is 12.1 Å². The number of hydrogen-bond donors (Lipinski definition) is 3. The molecule has 11 heteroatoms. The summed E-state index contributed by atoms with van der Waals surface area (Å²) in [5.41, 5.74) is 7.69. The van der Waals surface area contributed by atoms with Gasteiger partial charge in [0.1, 0.15) is 11.9 Å². The second kappa shape index (κ2) is 10.8. The van der Waals surface area contributed by atoms with E-state index in [1.807, 2.05) is 18.2 Å². The van der Waals surface area contributed by atoms with E-state index >= 15 is 0 Å². The molecular formula is C24H30ClN7O3. The summed E-state index contributed by atoms with van der Waals surface area (Å²) in [7, 11) is 0. The number of urea groups is 2. The van der Waals surface area contributed by atoms with E-state index in [1.54, 1.807) is 17.0 Å². The largest absolute Gasteiger partial charge is 0.384 e. The number of nitrogens with zero attached hydrogens (tertiary/aromatic N) is 4. The van der Waals surface area contributed by atoms with Gasteiger partial charge in [0.05, 0.1) is 5.52 Å². The highest BCUT2D eigenvalue weighted by Gasteiger charge is 2.33. The van der Waals surface area contributed by atoms with Crippen molar-refractivity contribution in [3.63, 3.8) is 0 Å². The van der Waals surface area contributed by atoms with Gasteiger partial charge in [0.2, 0.25) is 0 Å². The summed E-state index contributed by atoms with van der Waals surface area (Å²) < 4.78 is 0. The number of nitrogens with one attached hydrogen (secondary N) is 2. The standard InChI is InChI=1S/C24H30ClN7O3/c1-2-8-27-23(34)32-9-4-3-5-18(22(32)33)29-24(35)31-12-10-30(11-13-31)20-15-21(26)28-19-14-16(25)6-7-17(19)20/h2,6-7,14-15,18H,1,3-5,8-13H2,(H2,26,28)(H,27,34)(H,29,35)/t18-/m0/s1. The predicted octanol–water partition coefficient (Wildman–Crippen LogP) is 2.58. The molecule has 2 saturated heterocycles. The molecule has 4 N–H and O–H groups in total. The Hall–Kier alpha value is -3.53. The number of carbonyl (C=O) groups excluding carboxylic acids is 3. The van der Waals surface area contributed by atoms with Crippen LogP contribution in [0.15, 0.2) is 36.9 Å². The van der Waals surface area contributed by atoms with Crippen molar-refractivity contribution in [2.75, 3.05) is 49.9 Å². The molecule has 0 aliphatic carbocycles. The predicted molar refractivity (Wildman–Crippen MR) is 136 cm³/mol. The van der Waals surface area contributed by atoms with Crippen LogP contribution in [0, 0.1) is 0 Å². The molecule has 0 bridgehead atoms. The van der Waals surface area contributed by atoms with Crippen LogP contribution < -0.4 is 21.3 Å². The van der Waals surface area contributed by atoms with Gasteiger partial charge in [0.25, 0.3) is 5.91 Å². The highest BCUT2D eigenvalue weighted by molar-refractivity contribution is 6.31. The van der Waals surface area contributed by atoms with Gasteiger partial charge < -0.3 is 26.2 Å².